The number of carboxylic acids is 1. The summed E-state index contributed by atoms with van der Waals surface area (Å²) in [5.41, 5.74) is 0.286. The molecule has 0 saturated carbocycles. The quantitative estimate of drug-likeness (QED) is 0.553. The summed E-state index contributed by atoms with van der Waals surface area (Å²) >= 11 is 0. The van der Waals surface area contributed by atoms with Gasteiger partial charge in [0.05, 0.1) is 12.7 Å². The molecule has 26 heavy (non-hydrogen) atoms. The first-order valence-electron chi connectivity index (χ1n) is 8.27. The molecule has 0 spiro atoms. The van der Waals surface area contributed by atoms with Crippen molar-refractivity contribution in [3.63, 3.8) is 0 Å². The summed E-state index contributed by atoms with van der Waals surface area (Å²) in [5.74, 6) is -1.40. The van der Waals surface area contributed by atoms with Crippen LogP contribution in [-0.4, -0.2) is 35.3 Å². The number of halogens is 3. The van der Waals surface area contributed by atoms with Crippen LogP contribution < -0.4 is 0 Å². The number of ether oxygens (including phenoxy) is 2. The molecular weight excluding hydrogens is 353 g/mol. The Hall–Kier alpha value is -2.06. The van der Waals surface area contributed by atoms with E-state index in [-0.39, 0.29) is 24.3 Å². The number of allylic oxidation sites excluding steroid dienone is 2. The second-order valence-electron chi connectivity index (χ2n) is 6.08. The van der Waals surface area contributed by atoms with E-state index in [0.29, 0.717) is 19.3 Å². The Morgan fingerprint density at radius 3 is 2.65 bits per heavy atom. The van der Waals surface area contributed by atoms with Crippen LogP contribution in [0.15, 0.2) is 36.4 Å². The van der Waals surface area contributed by atoms with Crippen molar-refractivity contribution in [2.45, 2.75) is 44.3 Å². The summed E-state index contributed by atoms with van der Waals surface area (Å²) in [5, 5.41) is 18.6. The Balaban J connectivity index is 2.05. The number of benzene rings is 1. The van der Waals surface area contributed by atoms with Crippen molar-refractivity contribution in [3.8, 4) is 5.75 Å². The van der Waals surface area contributed by atoms with Crippen LogP contribution in [0.4, 0.5) is 13.2 Å². The number of hydrogen-bond donors (Lipinski definition) is 2. The van der Waals surface area contributed by atoms with E-state index in [9.17, 15) is 23.1 Å². The molecule has 0 aliphatic carbocycles. The van der Waals surface area contributed by atoms with E-state index in [4.69, 9.17) is 14.6 Å². The van der Waals surface area contributed by atoms with Gasteiger partial charge in [-0.3, -0.25) is 4.79 Å². The van der Waals surface area contributed by atoms with Gasteiger partial charge < -0.3 is 19.7 Å². The van der Waals surface area contributed by atoms with E-state index in [1.807, 2.05) is 0 Å². The minimum Gasteiger partial charge on any atom is -0.508 e. The average Bonchev–Trinajstić information content (AvgIpc) is 2.57. The summed E-state index contributed by atoms with van der Waals surface area (Å²) in [4.78, 5) is 10.5. The Bertz CT molecular complexity index is 629. The van der Waals surface area contributed by atoms with Crippen molar-refractivity contribution >= 4 is 5.97 Å². The highest BCUT2D eigenvalue weighted by Crippen LogP contribution is 2.41. The molecule has 3 atom stereocenters. The zero-order valence-corrected chi connectivity index (χ0v) is 14.0. The molecule has 5 nitrogen and oxygen atoms in total. The largest absolute Gasteiger partial charge is 0.508 e. The summed E-state index contributed by atoms with van der Waals surface area (Å²) in [6.07, 6.45) is -2.87. The van der Waals surface area contributed by atoms with Gasteiger partial charge in [0.1, 0.15) is 5.75 Å². The van der Waals surface area contributed by atoms with Crippen LogP contribution in [-0.2, 0) is 14.3 Å². The molecular formula is C18H21F3O5. The van der Waals surface area contributed by atoms with Crippen molar-refractivity contribution in [3.05, 3.63) is 42.0 Å². The van der Waals surface area contributed by atoms with Crippen molar-refractivity contribution in [1.82, 2.24) is 0 Å². The third kappa shape index (κ3) is 5.74. The number of phenolic OH excluding ortho intramolecular Hbond substituents is 1. The van der Waals surface area contributed by atoms with E-state index in [2.05, 4.69) is 0 Å². The molecule has 1 aliphatic rings. The Morgan fingerprint density at radius 1 is 1.27 bits per heavy atom. The van der Waals surface area contributed by atoms with Crippen molar-refractivity contribution in [1.29, 1.82) is 0 Å². The number of para-hydroxylation sites is 1. The second kappa shape index (κ2) is 9.05. The summed E-state index contributed by atoms with van der Waals surface area (Å²) in [6.45, 7) is -0.164. The number of rotatable bonds is 7. The Kier molecular flexibility index (Phi) is 7.05. The SMILES string of the molecule is O=C(O)CCCC=CC[C@@H]1COC(C(F)(F)F)O[C@@H]1c1ccccc1O. The smallest absolute Gasteiger partial charge is 0.440 e. The predicted molar refractivity (Wildman–Crippen MR) is 86.5 cm³/mol. The number of carboxylic acid groups (broad SMARTS) is 1. The van der Waals surface area contributed by atoms with Crippen LogP contribution in [0.2, 0.25) is 0 Å². The number of aliphatic carboxylic acids is 1. The third-order valence-electron chi connectivity index (χ3n) is 4.04. The lowest BCUT2D eigenvalue weighted by atomic mass is 9.91. The first-order chi connectivity index (χ1) is 12.3. The van der Waals surface area contributed by atoms with Crippen molar-refractivity contribution < 1.29 is 37.7 Å². The molecule has 1 heterocycles. The molecule has 1 fully saturated rings. The lowest BCUT2D eigenvalue weighted by Crippen LogP contribution is -2.43. The summed E-state index contributed by atoms with van der Waals surface area (Å²) in [7, 11) is 0. The van der Waals surface area contributed by atoms with E-state index in [0.717, 1.165) is 0 Å². The predicted octanol–water partition coefficient (Wildman–Crippen LogP) is 4.19. The molecule has 0 radical (unpaired) electrons. The normalized spacial score (nSPS) is 24.0. The number of carbonyl (C=O) groups is 1. The molecule has 0 bridgehead atoms. The van der Waals surface area contributed by atoms with Gasteiger partial charge in [0, 0.05) is 17.9 Å². The highest BCUT2D eigenvalue weighted by Gasteiger charge is 2.48. The number of aromatic hydroxyl groups is 1. The molecule has 1 aliphatic heterocycles. The fraction of sp³-hybridized carbons (Fsp3) is 0.500. The maximum absolute atomic E-state index is 12.9. The molecule has 8 heteroatoms. The highest BCUT2D eigenvalue weighted by molar-refractivity contribution is 5.66. The first kappa shape index (κ1) is 20.3. The van der Waals surface area contributed by atoms with Crippen LogP contribution in [0, 0.1) is 5.92 Å². The maximum Gasteiger partial charge on any atom is 0.440 e. The van der Waals surface area contributed by atoms with Crippen molar-refractivity contribution in [2.24, 2.45) is 5.92 Å². The van der Waals surface area contributed by atoms with Gasteiger partial charge in [-0.1, -0.05) is 30.4 Å². The zero-order valence-electron chi connectivity index (χ0n) is 14.0. The molecule has 1 aromatic carbocycles. The fourth-order valence-corrected chi connectivity index (χ4v) is 2.76. The van der Waals surface area contributed by atoms with Gasteiger partial charge in [-0.25, -0.2) is 0 Å². The van der Waals surface area contributed by atoms with Crippen LogP contribution >= 0.6 is 0 Å². The summed E-state index contributed by atoms with van der Waals surface area (Å²) < 4.78 is 48.8. The maximum atomic E-state index is 12.9. The van der Waals surface area contributed by atoms with Gasteiger partial charge in [0.15, 0.2) is 0 Å². The molecule has 144 valence electrons. The molecule has 0 amide bonds. The molecule has 1 saturated heterocycles. The lowest BCUT2D eigenvalue weighted by Gasteiger charge is -2.37. The van der Waals surface area contributed by atoms with Crippen LogP contribution in [0.1, 0.15) is 37.4 Å². The average molecular weight is 374 g/mol. The minimum absolute atomic E-state index is 0.0633. The number of phenols is 1. The second-order valence-corrected chi connectivity index (χ2v) is 6.08. The van der Waals surface area contributed by atoms with E-state index >= 15 is 0 Å². The molecule has 2 N–H and O–H groups in total. The molecule has 2 rings (SSSR count). The van der Waals surface area contributed by atoms with Gasteiger partial charge in [-0.05, 0) is 25.3 Å². The molecule has 1 aromatic rings. The Morgan fingerprint density at radius 2 is 2.00 bits per heavy atom. The van der Waals surface area contributed by atoms with Gasteiger partial charge in [0.25, 0.3) is 6.29 Å². The number of alkyl halides is 3. The molecule has 1 unspecified atom stereocenters. The van der Waals surface area contributed by atoms with Gasteiger partial charge >= 0.3 is 12.1 Å². The third-order valence-corrected chi connectivity index (χ3v) is 4.04. The zero-order chi connectivity index (χ0) is 19.2. The van der Waals surface area contributed by atoms with E-state index in [1.54, 1.807) is 24.3 Å². The van der Waals surface area contributed by atoms with Crippen LogP contribution in [0.25, 0.3) is 0 Å². The van der Waals surface area contributed by atoms with Crippen LogP contribution in [0.3, 0.4) is 0 Å². The standard InChI is InChI=1S/C18H21F3O5/c19-18(20,21)17-25-11-12(7-3-1-2-4-10-15(23)24)16(26-17)13-8-5-6-9-14(13)22/h1,3,5-6,8-9,12,16-17,22H,2,4,7,10-11H2,(H,23,24)/t12-,16+,17?/m1/s1. The Labute approximate surface area is 149 Å². The summed E-state index contributed by atoms with van der Waals surface area (Å²) in [6, 6.07) is 6.13. The molecule has 0 aromatic heterocycles. The van der Waals surface area contributed by atoms with Gasteiger partial charge in [0.2, 0.25) is 0 Å². The van der Waals surface area contributed by atoms with Crippen LogP contribution in [0.5, 0.6) is 5.75 Å². The number of unbranched alkanes of at least 4 members (excludes halogenated alkanes) is 1. The van der Waals surface area contributed by atoms with Crippen molar-refractivity contribution in [2.75, 3.05) is 6.61 Å². The highest BCUT2D eigenvalue weighted by atomic mass is 19.4. The van der Waals surface area contributed by atoms with E-state index in [1.165, 1.54) is 12.1 Å². The topological polar surface area (TPSA) is 76.0 Å². The monoisotopic (exact) mass is 374 g/mol. The van der Waals surface area contributed by atoms with E-state index < -0.39 is 30.5 Å². The first-order valence-corrected chi connectivity index (χ1v) is 8.27. The number of hydrogen-bond acceptors (Lipinski definition) is 4. The minimum atomic E-state index is -4.65. The lowest BCUT2D eigenvalue weighted by molar-refractivity contribution is -0.353. The van der Waals surface area contributed by atoms with Gasteiger partial charge in [-0.2, -0.15) is 13.2 Å². The fourth-order valence-electron chi connectivity index (χ4n) is 2.76. The van der Waals surface area contributed by atoms with Gasteiger partial charge in [-0.15, -0.1) is 0 Å².